The Kier molecular flexibility index (Phi) is 4.33. The fourth-order valence-corrected chi connectivity index (χ4v) is 1.38. The van der Waals surface area contributed by atoms with E-state index in [9.17, 15) is 13.6 Å². The van der Waals surface area contributed by atoms with E-state index in [2.05, 4.69) is 9.72 Å². The zero-order valence-corrected chi connectivity index (χ0v) is 9.24. The molecule has 4 N–H and O–H groups in total. The highest BCUT2D eigenvalue weighted by Gasteiger charge is 2.18. The third kappa shape index (κ3) is 3.10. The highest BCUT2D eigenvalue weighted by atomic mass is 19.3. The predicted molar refractivity (Wildman–Crippen MR) is 57.2 cm³/mol. The molecule has 0 aliphatic heterocycles. The number of ether oxygens (including phenoxy) is 1. The largest absolute Gasteiger partial charge is 0.469 e. The summed E-state index contributed by atoms with van der Waals surface area (Å²) >= 11 is 0. The van der Waals surface area contributed by atoms with Crippen molar-refractivity contribution in [3.05, 3.63) is 23.0 Å². The molecule has 0 aliphatic rings. The number of carbonyl (C=O) groups excluding carboxylic acids is 1. The van der Waals surface area contributed by atoms with E-state index in [4.69, 9.17) is 11.5 Å². The minimum atomic E-state index is -2.78. The van der Waals surface area contributed by atoms with Crippen LogP contribution in [0.15, 0.2) is 6.07 Å². The molecular formula is C10H13F2N3O2. The monoisotopic (exact) mass is 245 g/mol. The number of hydrogen-bond donors (Lipinski definition) is 2. The second kappa shape index (κ2) is 5.53. The Hall–Kier alpha value is -1.76. The van der Waals surface area contributed by atoms with Crippen molar-refractivity contribution in [3.63, 3.8) is 0 Å². The molecule has 1 rings (SSSR count). The average molecular weight is 245 g/mol. The summed E-state index contributed by atoms with van der Waals surface area (Å²) < 4.78 is 29.8. The summed E-state index contributed by atoms with van der Waals surface area (Å²) in [7, 11) is 1.20. The van der Waals surface area contributed by atoms with Gasteiger partial charge in [-0.2, -0.15) is 0 Å². The maximum atomic E-state index is 12.7. The number of pyridine rings is 1. The topological polar surface area (TPSA) is 91.2 Å². The molecule has 0 aromatic carbocycles. The van der Waals surface area contributed by atoms with Gasteiger partial charge in [0, 0.05) is 17.8 Å². The second-order valence-corrected chi connectivity index (χ2v) is 3.32. The van der Waals surface area contributed by atoms with Gasteiger partial charge in [0.1, 0.15) is 5.69 Å². The number of alkyl halides is 2. The van der Waals surface area contributed by atoms with Crippen LogP contribution in [0.2, 0.25) is 0 Å². The van der Waals surface area contributed by atoms with Gasteiger partial charge in [-0.3, -0.25) is 9.78 Å². The lowest BCUT2D eigenvalue weighted by Crippen LogP contribution is -2.13. The number of hydrogen-bond acceptors (Lipinski definition) is 5. The van der Waals surface area contributed by atoms with Crippen molar-refractivity contribution in [1.29, 1.82) is 0 Å². The minimum absolute atomic E-state index is 0.105. The standard InChI is InChI=1S/C10H13F2N3O2/c1-17-8(16)3-5-2-7(14)6(4-13)9(15-5)10(11)12/h2,10H,3-4,13H2,1H3,(H2,14,15). The maximum absolute atomic E-state index is 12.7. The van der Waals surface area contributed by atoms with Gasteiger partial charge in [0.15, 0.2) is 0 Å². The molecule has 1 heterocycles. The molecule has 94 valence electrons. The van der Waals surface area contributed by atoms with Gasteiger partial charge in [-0.1, -0.05) is 0 Å². The summed E-state index contributed by atoms with van der Waals surface area (Å²) in [6.07, 6.45) is -2.99. The number of carbonyl (C=O) groups is 1. The van der Waals surface area contributed by atoms with Crippen LogP contribution in [-0.4, -0.2) is 18.1 Å². The number of nitrogen functional groups attached to an aromatic ring is 1. The van der Waals surface area contributed by atoms with Crippen molar-refractivity contribution in [2.75, 3.05) is 12.8 Å². The van der Waals surface area contributed by atoms with Crippen LogP contribution < -0.4 is 11.5 Å². The van der Waals surface area contributed by atoms with Gasteiger partial charge >= 0.3 is 5.97 Å². The number of anilines is 1. The molecule has 0 atom stereocenters. The zero-order valence-electron chi connectivity index (χ0n) is 9.24. The van der Waals surface area contributed by atoms with Gasteiger partial charge in [-0.25, -0.2) is 8.78 Å². The highest BCUT2D eigenvalue weighted by molar-refractivity contribution is 5.72. The van der Waals surface area contributed by atoms with Crippen LogP contribution in [0, 0.1) is 0 Å². The minimum Gasteiger partial charge on any atom is -0.469 e. The number of rotatable bonds is 4. The molecule has 1 aromatic rings. The molecule has 17 heavy (non-hydrogen) atoms. The van der Waals surface area contributed by atoms with Crippen LogP contribution in [0.1, 0.15) is 23.4 Å². The van der Waals surface area contributed by atoms with Crippen LogP contribution in [0.5, 0.6) is 0 Å². The Bertz CT molecular complexity index is 424. The van der Waals surface area contributed by atoms with E-state index in [1.54, 1.807) is 0 Å². The fraction of sp³-hybridized carbons (Fsp3) is 0.400. The first-order valence-corrected chi connectivity index (χ1v) is 4.82. The SMILES string of the molecule is COC(=O)Cc1cc(N)c(CN)c(C(F)F)n1. The van der Waals surface area contributed by atoms with E-state index >= 15 is 0 Å². The van der Waals surface area contributed by atoms with E-state index in [1.807, 2.05) is 0 Å². The molecule has 0 radical (unpaired) electrons. The number of esters is 1. The Morgan fingerprint density at radius 1 is 1.59 bits per heavy atom. The summed E-state index contributed by atoms with van der Waals surface area (Å²) in [6.45, 7) is -0.128. The van der Waals surface area contributed by atoms with E-state index in [0.29, 0.717) is 0 Å². The molecule has 0 aliphatic carbocycles. The normalized spacial score (nSPS) is 10.6. The Labute approximate surface area is 96.8 Å². The van der Waals surface area contributed by atoms with Crippen molar-refractivity contribution in [3.8, 4) is 0 Å². The summed E-state index contributed by atoms with van der Waals surface area (Å²) in [6, 6.07) is 1.35. The van der Waals surface area contributed by atoms with E-state index in [0.717, 1.165) is 0 Å². The Morgan fingerprint density at radius 3 is 2.71 bits per heavy atom. The Balaban J connectivity index is 3.15. The van der Waals surface area contributed by atoms with Crippen LogP contribution in [0.3, 0.4) is 0 Å². The number of halogens is 2. The van der Waals surface area contributed by atoms with Crippen molar-refractivity contribution in [1.82, 2.24) is 4.98 Å². The molecule has 1 aromatic heterocycles. The first kappa shape index (κ1) is 13.3. The fourth-order valence-electron chi connectivity index (χ4n) is 1.38. The second-order valence-electron chi connectivity index (χ2n) is 3.32. The van der Waals surface area contributed by atoms with Crippen LogP contribution in [-0.2, 0) is 22.5 Å². The average Bonchev–Trinajstić information content (AvgIpc) is 2.28. The Morgan fingerprint density at radius 2 is 2.24 bits per heavy atom. The number of nitrogens with zero attached hydrogens (tertiary/aromatic N) is 1. The molecule has 0 fully saturated rings. The third-order valence-corrected chi connectivity index (χ3v) is 2.21. The molecule has 0 unspecified atom stereocenters. The molecule has 0 spiro atoms. The van der Waals surface area contributed by atoms with Gasteiger partial charge in [-0.15, -0.1) is 0 Å². The molecular weight excluding hydrogens is 232 g/mol. The smallest absolute Gasteiger partial charge is 0.311 e. The zero-order chi connectivity index (χ0) is 13.0. The van der Waals surface area contributed by atoms with Crippen LogP contribution in [0.4, 0.5) is 14.5 Å². The van der Waals surface area contributed by atoms with E-state index < -0.39 is 18.1 Å². The van der Waals surface area contributed by atoms with Gasteiger partial charge in [0.25, 0.3) is 6.43 Å². The molecule has 0 saturated heterocycles. The van der Waals surface area contributed by atoms with E-state index in [-0.39, 0.29) is 29.9 Å². The molecule has 0 amide bonds. The molecule has 0 saturated carbocycles. The lowest BCUT2D eigenvalue weighted by Gasteiger charge is -2.11. The van der Waals surface area contributed by atoms with Gasteiger partial charge in [0.05, 0.1) is 19.2 Å². The first-order chi connectivity index (χ1) is 7.99. The van der Waals surface area contributed by atoms with Crippen molar-refractivity contribution in [2.45, 2.75) is 19.4 Å². The predicted octanol–water partition coefficient (Wildman–Crippen LogP) is 0.776. The van der Waals surface area contributed by atoms with Crippen molar-refractivity contribution in [2.24, 2.45) is 5.73 Å². The summed E-state index contributed by atoms with van der Waals surface area (Å²) in [5.41, 5.74) is 10.8. The summed E-state index contributed by atoms with van der Waals surface area (Å²) in [5.74, 6) is -0.572. The third-order valence-electron chi connectivity index (χ3n) is 2.21. The molecule has 7 heteroatoms. The lowest BCUT2D eigenvalue weighted by molar-refractivity contribution is -0.139. The molecule has 5 nitrogen and oxygen atoms in total. The quantitative estimate of drug-likeness (QED) is 0.765. The molecule has 0 bridgehead atoms. The summed E-state index contributed by atoms with van der Waals surface area (Å²) in [4.78, 5) is 14.7. The number of nitrogens with two attached hydrogens (primary N) is 2. The van der Waals surface area contributed by atoms with Gasteiger partial charge < -0.3 is 16.2 Å². The number of methoxy groups -OCH3 is 1. The lowest BCUT2D eigenvalue weighted by atomic mass is 10.1. The van der Waals surface area contributed by atoms with Crippen LogP contribution >= 0.6 is 0 Å². The maximum Gasteiger partial charge on any atom is 0.311 e. The summed E-state index contributed by atoms with van der Waals surface area (Å²) in [5, 5.41) is 0. The van der Waals surface area contributed by atoms with Crippen molar-refractivity contribution >= 4 is 11.7 Å². The first-order valence-electron chi connectivity index (χ1n) is 4.82. The van der Waals surface area contributed by atoms with Crippen molar-refractivity contribution < 1.29 is 18.3 Å². The van der Waals surface area contributed by atoms with Crippen LogP contribution in [0.25, 0.3) is 0 Å². The number of aromatic nitrogens is 1. The van der Waals surface area contributed by atoms with Gasteiger partial charge in [0.2, 0.25) is 0 Å². The highest BCUT2D eigenvalue weighted by Crippen LogP contribution is 2.25. The van der Waals surface area contributed by atoms with Gasteiger partial charge in [-0.05, 0) is 6.07 Å². The van der Waals surface area contributed by atoms with E-state index in [1.165, 1.54) is 13.2 Å².